The first-order valence-electron chi connectivity index (χ1n) is 0.655. The van der Waals surface area contributed by atoms with Crippen LogP contribution >= 0.6 is 20.4 Å². The third kappa shape index (κ3) is 18.6. The Kier molecular flexibility index (Phi) is 16.8. The van der Waals surface area contributed by atoms with E-state index in [0.717, 1.165) is 0 Å². The molecule has 0 aliphatic heterocycles. The number of rotatable bonds is 0. The predicted molar refractivity (Wildman–Crippen MR) is 17.6 cm³/mol. The van der Waals surface area contributed by atoms with Gasteiger partial charge in [-0.25, -0.2) is 0 Å². The van der Waals surface area contributed by atoms with E-state index < -0.39 is 25.7 Å². The van der Waals surface area contributed by atoms with E-state index in [0.29, 0.717) is 0 Å². The van der Waals surface area contributed by atoms with E-state index in [4.69, 9.17) is 20.4 Å². The van der Waals surface area contributed by atoms with Crippen LogP contribution < -0.4 is 0 Å². The van der Waals surface area contributed by atoms with Gasteiger partial charge in [-0.15, -0.1) is 0 Å². The molecule has 0 saturated heterocycles. The molecule has 0 unspecified atom stereocenters. The van der Waals surface area contributed by atoms with Gasteiger partial charge < -0.3 is 0 Å². The average molecular weight is 385 g/mol. The van der Waals surface area contributed by atoms with Crippen molar-refractivity contribution in [1.82, 2.24) is 0 Å². The summed E-state index contributed by atoms with van der Waals surface area (Å²) >= 11 is -2.31. The van der Waals surface area contributed by atoms with Crippen molar-refractivity contribution in [3.63, 3.8) is 0 Å². The zero-order chi connectivity index (χ0) is 3.58. The molecule has 0 atom stereocenters. The molecule has 0 nitrogen and oxygen atoms in total. The van der Waals surface area contributed by atoms with Crippen LogP contribution in [0.15, 0.2) is 0 Å². The van der Waals surface area contributed by atoms with Crippen LogP contribution in [0.1, 0.15) is 0 Å². The molecule has 5 heteroatoms. The second-order valence-electron chi connectivity index (χ2n) is 0.247. The summed E-state index contributed by atoms with van der Waals surface area (Å²) in [5.74, 6) is 0. The molecule has 0 aromatic heterocycles. The summed E-state index contributed by atoms with van der Waals surface area (Å²) in [6.07, 6.45) is 0. The predicted octanol–water partition coefficient (Wildman–Crippen LogP) is 2.07. The van der Waals surface area contributed by atoms with Crippen LogP contribution in [0, 0.1) is 67.4 Å². The Morgan fingerprint density at radius 2 is 1.00 bits per heavy atom. The molecule has 0 spiro atoms. The molecule has 0 heterocycles. The summed E-state index contributed by atoms with van der Waals surface area (Å²) in [6.45, 7) is 15.1. The van der Waals surface area contributed by atoms with Crippen molar-refractivity contribution < 1.29 is 67.4 Å². The van der Waals surface area contributed by atoms with Crippen molar-refractivity contribution in [2.45, 2.75) is 0 Å². The molecule has 0 N–H and O–H groups in total. The van der Waals surface area contributed by atoms with Crippen LogP contribution in [0.4, 0.5) is 0 Å². The van der Waals surface area contributed by atoms with Crippen LogP contribution in [0.2, 0.25) is 0 Å². The van der Waals surface area contributed by atoms with Gasteiger partial charge in [0.2, 0.25) is 0 Å². The standard InChI is InChI=1S/Ce.3ClH.La/h;3*1H;/q;;;;+3/p-3. The maximum absolute atomic E-state index is 5.03. The molecule has 0 aromatic rings. The summed E-state index contributed by atoms with van der Waals surface area (Å²) in [5, 5.41) is 0. The molecule has 0 amide bonds. The van der Waals surface area contributed by atoms with Gasteiger partial charge in [-0.05, 0) is 0 Å². The fourth-order valence-electron chi connectivity index (χ4n) is 0. The van der Waals surface area contributed by atoms with Crippen molar-refractivity contribution in [1.29, 1.82) is 0 Å². The summed E-state index contributed by atoms with van der Waals surface area (Å²) in [6, 6.07) is 0. The van der Waals surface area contributed by atoms with Gasteiger partial charge in [0.15, 0.2) is 0 Å². The quantitative estimate of drug-likeness (QED) is 0.599. The van der Waals surface area contributed by atoms with Gasteiger partial charge in [-0.2, -0.15) is 0 Å². The normalized spacial score (nSPS) is 5.40. The monoisotopic (exact) mass is 384 g/mol. The molecule has 28 valence electrons. The van der Waals surface area contributed by atoms with Gasteiger partial charge in [0.25, 0.3) is 0 Å². The zero-order valence-corrected chi connectivity index (χ0v) is 11.2. The summed E-state index contributed by atoms with van der Waals surface area (Å²) < 4.78 is 0. The van der Waals surface area contributed by atoms with Gasteiger partial charge in [-0.1, -0.05) is 0 Å². The molecule has 0 radical (unpaired) electrons. The SMILES string of the molecule is [Ce].[Cl][La]([Cl])[Cl]. The van der Waals surface area contributed by atoms with E-state index in [1.165, 1.54) is 0 Å². The molecule has 0 aromatic carbocycles. The van der Waals surface area contributed by atoms with Crippen LogP contribution in [0.3, 0.4) is 0 Å². The van der Waals surface area contributed by atoms with Gasteiger partial charge in [0.1, 0.15) is 0 Å². The van der Waals surface area contributed by atoms with Crippen molar-refractivity contribution in [3.8, 4) is 0 Å². The third-order valence-electron chi connectivity index (χ3n) is 0. The second-order valence-corrected chi connectivity index (χ2v) is 16.2. The molecule has 0 aliphatic rings. The van der Waals surface area contributed by atoms with Gasteiger partial charge >= 0.3 is 46.0 Å². The molecular weight excluding hydrogens is 385 g/mol. The number of hydrogen-bond donors (Lipinski definition) is 0. The van der Waals surface area contributed by atoms with Gasteiger partial charge in [0, 0.05) is 41.7 Å². The fourth-order valence-corrected chi connectivity index (χ4v) is 0. The molecule has 0 rings (SSSR count). The average Bonchev–Trinajstić information content (AvgIpc) is 0.811. The van der Waals surface area contributed by atoms with E-state index in [9.17, 15) is 0 Å². The van der Waals surface area contributed by atoms with Crippen molar-refractivity contribution in [2.24, 2.45) is 0 Å². The third-order valence-corrected chi connectivity index (χ3v) is 0. The van der Waals surface area contributed by atoms with Gasteiger partial charge in [-0.3, -0.25) is 0 Å². The summed E-state index contributed by atoms with van der Waals surface area (Å²) in [5.41, 5.74) is 0. The van der Waals surface area contributed by atoms with Crippen LogP contribution in [-0.2, 0) is 0 Å². The van der Waals surface area contributed by atoms with E-state index in [1.807, 2.05) is 0 Å². The molecule has 0 bridgehead atoms. The van der Waals surface area contributed by atoms with Gasteiger partial charge in [0.05, 0.1) is 0 Å². The first kappa shape index (κ1) is 11.3. The topological polar surface area (TPSA) is 0 Å². The Morgan fingerprint density at radius 1 is 1.00 bits per heavy atom. The van der Waals surface area contributed by atoms with E-state index >= 15 is 0 Å². The first-order chi connectivity index (χ1) is 1.73. The van der Waals surface area contributed by atoms with E-state index in [1.54, 1.807) is 0 Å². The Balaban J connectivity index is 0. The second kappa shape index (κ2) is 7.44. The van der Waals surface area contributed by atoms with Crippen molar-refractivity contribution in [2.75, 3.05) is 0 Å². The zero-order valence-electron chi connectivity index (χ0n) is 2.21. The van der Waals surface area contributed by atoms with Crippen molar-refractivity contribution in [3.05, 3.63) is 0 Å². The van der Waals surface area contributed by atoms with Crippen LogP contribution in [-0.4, -0.2) is 0 Å². The number of hydrogen-bond acceptors (Lipinski definition) is 0. The van der Waals surface area contributed by atoms with Crippen LogP contribution in [0.25, 0.3) is 0 Å². The molecule has 0 aliphatic carbocycles. The Labute approximate surface area is 85.0 Å². The minimum absolute atomic E-state index is 0. The first-order valence-corrected chi connectivity index (χ1v) is 14.3. The number of halogens is 3. The van der Waals surface area contributed by atoms with Crippen molar-refractivity contribution >= 4 is 20.4 Å². The Hall–Kier alpha value is 3.44. The molecule has 5 heavy (non-hydrogen) atoms. The molecule has 0 fully saturated rings. The van der Waals surface area contributed by atoms with E-state index in [2.05, 4.69) is 0 Å². The summed E-state index contributed by atoms with van der Waals surface area (Å²) in [7, 11) is 0. The Morgan fingerprint density at radius 3 is 1.00 bits per heavy atom. The molecule has 0 saturated carbocycles. The maximum atomic E-state index is 5.03. The minimum atomic E-state index is -2.31. The Bertz CT molecular complexity index is 11.6. The molecular formula is CeCl3La. The van der Waals surface area contributed by atoms with Crippen LogP contribution in [0.5, 0.6) is 0 Å². The summed E-state index contributed by atoms with van der Waals surface area (Å²) in [4.78, 5) is 0. The van der Waals surface area contributed by atoms with E-state index in [-0.39, 0.29) is 41.7 Å². The fraction of sp³-hybridized carbons (Fsp3) is 0.